The molecule has 0 aliphatic carbocycles. The van der Waals surface area contributed by atoms with E-state index < -0.39 is 5.83 Å². The third-order valence-corrected chi connectivity index (χ3v) is 1.11. The molecule has 0 aromatic carbocycles. The summed E-state index contributed by atoms with van der Waals surface area (Å²) in [6.07, 6.45) is 2.27. The van der Waals surface area contributed by atoms with Crippen molar-refractivity contribution in [1.29, 1.82) is 5.26 Å². The maximum absolute atomic E-state index is 12.2. The van der Waals surface area contributed by atoms with Gasteiger partial charge in [-0.05, 0) is 12.2 Å². The first-order chi connectivity index (χ1) is 5.61. The summed E-state index contributed by atoms with van der Waals surface area (Å²) >= 11 is 0. The summed E-state index contributed by atoms with van der Waals surface area (Å²) < 4.78 is 12.2. The minimum absolute atomic E-state index is 0.0845. The number of nitrogens with zero attached hydrogens (tertiary/aromatic N) is 2. The van der Waals surface area contributed by atoms with Gasteiger partial charge in [-0.1, -0.05) is 0 Å². The van der Waals surface area contributed by atoms with Crippen LogP contribution in [0.25, 0.3) is 0 Å². The van der Waals surface area contributed by atoms with Crippen LogP contribution in [-0.2, 0) is 4.79 Å². The molecule has 0 fully saturated rings. The second kappa shape index (κ2) is 5.08. The van der Waals surface area contributed by atoms with Crippen LogP contribution in [0.4, 0.5) is 4.39 Å². The van der Waals surface area contributed by atoms with Gasteiger partial charge in [0.15, 0.2) is 12.1 Å². The largest absolute Gasteiger partial charge is 0.369 e. The zero-order valence-corrected chi connectivity index (χ0v) is 6.91. The highest BCUT2D eigenvalue weighted by Crippen LogP contribution is 1.99. The van der Waals surface area contributed by atoms with Crippen LogP contribution in [0.15, 0.2) is 23.7 Å². The van der Waals surface area contributed by atoms with E-state index in [1.54, 1.807) is 14.1 Å². The molecule has 4 heteroatoms. The van der Waals surface area contributed by atoms with Crippen LogP contribution in [0.5, 0.6) is 0 Å². The third kappa shape index (κ3) is 3.52. The Morgan fingerprint density at radius 1 is 1.50 bits per heavy atom. The average Bonchev–Trinajstić information content (AvgIpc) is 2.04. The molecule has 0 N–H and O–H groups in total. The summed E-state index contributed by atoms with van der Waals surface area (Å²) in [7, 11) is 3.31. The van der Waals surface area contributed by atoms with E-state index in [2.05, 4.69) is 0 Å². The number of hydrogen-bond donors (Lipinski definition) is 0. The predicted octanol–water partition coefficient (Wildman–Crippen LogP) is 1.01. The van der Waals surface area contributed by atoms with Crippen molar-refractivity contribution < 1.29 is 9.18 Å². The Labute approximate surface area is 70.4 Å². The summed E-state index contributed by atoms with van der Waals surface area (Å²) in [5, 5.41) is 8.48. The molecule has 0 aliphatic heterocycles. The van der Waals surface area contributed by atoms with Crippen molar-refractivity contribution in [3.05, 3.63) is 23.7 Å². The molecule has 0 aromatic heterocycles. The van der Waals surface area contributed by atoms with Gasteiger partial charge in [0.05, 0.1) is 0 Å². The van der Waals surface area contributed by atoms with Gasteiger partial charge in [-0.3, -0.25) is 4.79 Å². The van der Waals surface area contributed by atoms with Crippen molar-refractivity contribution in [3.8, 4) is 6.07 Å². The van der Waals surface area contributed by atoms with Crippen LogP contribution < -0.4 is 0 Å². The number of allylic oxidation sites excluding steroid dienone is 4. The molecule has 0 aliphatic rings. The molecule has 0 spiro atoms. The number of halogens is 1. The Balaban J connectivity index is 4.54. The van der Waals surface area contributed by atoms with Crippen molar-refractivity contribution in [2.24, 2.45) is 0 Å². The molecule has 0 atom stereocenters. The minimum Gasteiger partial charge on any atom is -0.369 e. The molecule has 0 unspecified atom stereocenters. The first-order valence-corrected chi connectivity index (χ1v) is 3.22. The molecule has 0 radical (unpaired) electrons. The fourth-order valence-corrected chi connectivity index (χ4v) is 0.484. The van der Waals surface area contributed by atoms with Gasteiger partial charge in [0.1, 0.15) is 11.8 Å². The number of rotatable bonds is 3. The van der Waals surface area contributed by atoms with E-state index in [1.807, 2.05) is 6.07 Å². The van der Waals surface area contributed by atoms with Gasteiger partial charge in [0.2, 0.25) is 0 Å². The summed E-state index contributed by atoms with van der Waals surface area (Å²) in [5.74, 6) is -0.899. The van der Waals surface area contributed by atoms with Gasteiger partial charge in [0.25, 0.3) is 0 Å². The monoisotopic (exact) mass is 168 g/mol. The molecule has 0 aromatic rings. The van der Waals surface area contributed by atoms with Crippen LogP contribution in [-0.4, -0.2) is 25.3 Å². The number of hydrogen-bond acceptors (Lipinski definition) is 3. The summed E-state index contributed by atoms with van der Waals surface area (Å²) in [4.78, 5) is 11.3. The van der Waals surface area contributed by atoms with E-state index in [0.29, 0.717) is 0 Å². The molecule has 3 nitrogen and oxygen atoms in total. The smallest absolute Gasteiger partial charge is 0.178 e. The van der Waals surface area contributed by atoms with E-state index in [1.165, 1.54) is 11.0 Å². The van der Waals surface area contributed by atoms with Crippen molar-refractivity contribution in [1.82, 2.24) is 4.90 Å². The quantitative estimate of drug-likeness (QED) is 0.273. The Bertz CT molecular complexity index is 261. The molecule has 0 heterocycles. The van der Waals surface area contributed by atoms with Gasteiger partial charge < -0.3 is 4.90 Å². The number of nitriles is 1. The Hall–Kier alpha value is -1.63. The molecule has 0 amide bonds. The zero-order chi connectivity index (χ0) is 9.56. The fourth-order valence-electron chi connectivity index (χ4n) is 0.484. The van der Waals surface area contributed by atoms with Crippen LogP contribution >= 0.6 is 0 Å². The molecule has 0 rings (SSSR count). The fraction of sp³-hybridized carbons (Fsp3) is 0.250. The van der Waals surface area contributed by atoms with E-state index in [0.717, 1.165) is 6.08 Å². The van der Waals surface area contributed by atoms with Crippen LogP contribution in [0.2, 0.25) is 0 Å². The van der Waals surface area contributed by atoms with E-state index in [-0.39, 0.29) is 12.0 Å². The molecule has 12 heavy (non-hydrogen) atoms. The third-order valence-electron chi connectivity index (χ3n) is 1.11. The highest BCUT2D eigenvalue weighted by Gasteiger charge is 1.95. The number of carbonyl (C=O) groups is 1. The van der Waals surface area contributed by atoms with E-state index in [4.69, 9.17) is 5.26 Å². The molecular weight excluding hydrogens is 159 g/mol. The lowest BCUT2D eigenvalue weighted by Gasteiger charge is -2.07. The maximum Gasteiger partial charge on any atom is 0.178 e. The van der Waals surface area contributed by atoms with Crippen molar-refractivity contribution in [2.75, 3.05) is 14.1 Å². The lowest BCUT2D eigenvalue weighted by atomic mass is 10.3. The SMILES string of the molecule is CN(C)/C(C#N)=C\C=C(\F)C=O. The molecule has 0 bridgehead atoms. The highest BCUT2D eigenvalue weighted by molar-refractivity contribution is 5.70. The van der Waals surface area contributed by atoms with Crippen LogP contribution in [0.3, 0.4) is 0 Å². The summed E-state index contributed by atoms with van der Waals surface area (Å²) in [6, 6.07) is 1.84. The minimum atomic E-state index is -0.899. The second-order valence-electron chi connectivity index (χ2n) is 2.23. The van der Waals surface area contributed by atoms with Gasteiger partial charge in [-0.15, -0.1) is 0 Å². The van der Waals surface area contributed by atoms with E-state index in [9.17, 15) is 9.18 Å². The first-order valence-electron chi connectivity index (χ1n) is 3.22. The van der Waals surface area contributed by atoms with Gasteiger partial charge >= 0.3 is 0 Å². The number of aldehydes is 1. The lowest BCUT2D eigenvalue weighted by Crippen LogP contribution is -2.08. The number of carbonyl (C=O) groups excluding carboxylic acids is 1. The molecule has 64 valence electrons. The summed E-state index contributed by atoms with van der Waals surface area (Å²) in [6.45, 7) is 0. The van der Waals surface area contributed by atoms with Crippen molar-refractivity contribution in [2.45, 2.75) is 0 Å². The zero-order valence-electron chi connectivity index (χ0n) is 6.91. The first kappa shape index (κ1) is 10.4. The van der Waals surface area contributed by atoms with Crippen molar-refractivity contribution in [3.63, 3.8) is 0 Å². The standard InChI is InChI=1S/C8H9FN2O/c1-11(2)8(5-10)4-3-7(9)6-12/h3-4,6H,1-2H3/b7-3+,8-4-. The van der Waals surface area contributed by atoms with E-state index >= 15 is 0 Å². The predicted molar refractivity (Wildman–Crippen MR) is 42.6 cm³/mol. The Morgan fingerprint density at radius 3 is 2.42 bits per heavy atom. The normalized spacial score (nSPS) is 12.2. The summed E-state index contributed by atoms with van der Waals surface area (Å²) in [5.41, 5.74) is 0.284. The second-order valence-corrected chi connectivity index (χ2v) is 2.23. The van der Waals surface area contributed by atoms with Crippen LogP contribution in [0.1, 0.15) is 0 Å². The van der Waals surface area contributed by atoms with Gasteiger partial charge in [-0.25, -0.2) is 4.39 Å². The Kier molecular flexibility index (Phi) is 4.39. The van der Waals surface area contributed by atoms with Crippen LogP contribution in [0, 0.1) is 11.3 Å². The topological polar surface area (TPSA) is 44.1 Å². The van der Waals surface area contributed by atoms with Gasteiger partial charge in [0, 0.05) is 14.1 Å². The van der Waals surface area contributed by atoms with Crippen molar-refractivity contribution >= 4 is 6.29 Å². The highest BCUT2D eigenvalue weighted by atomic mass is 19.1. The van der Waals surface area contributed by atoms with Gasteiger partial charge in [-0.2, -0.15) is 5.26 Å². The lowest BCUT2D eigenvalue weighted by molar-refractivity contribution is -0.106. The molecule has 0 saturated carbocycles. The average molecular weight is 168 g/mol. The Morgan fingerprint density at radius 2 is 2.08 bits per heavy atom. The molecular formula is C8H9FN2O. The molecule has 0 saturated heterocycles. The maximum atomic E-state index is 12.2.